The zero-order valence-electron chi connectivity index (χ0n) is 18.4. The number of unbranched alkanes of at least 4 members (excludes halogenated alkanes) is 1. The number of nitrogens with zero attached hydrogens (tertiary/aromatic N) is 2. The molecule has 8 heteroatoms. The molecule has 3 heterocycles. The summed E-state index contributed by atoms with van der Waals surface area (Å²) in [5, 5.41) is 14.6. The molecule has 164 valence electrons. The highest BCUT2D eigenvalue weighted by Gasteiger charge is 2.53. The van der Waals surface area contributed by atoms with Gasteiger partial charge in [0.25, 0.3) is 0 Å². The third kappa shape index (κ3) is 3.79. The van der Waals surface area contributed by atoms with E-state index in [-0.39, 0.29) is 18.7 Å². The average molecular weight is 418 g/mol. The second-order valence-electron chi connectivity index (χ2n) is 9.36. The van der Waals surface area contributed by atoms with E-state index in [1.165, 1.54) is 0 Å². The lowest BCUT2D eigenvalue weighted by atomic mass is 9.72. The van der Waals surface area contributed by atoms with E-state index in [0.29, 0.717) is 42.4 Å². The lowest BCUT2D eigenvalue weighted by Crippen LogP contribution is -2.41. The number of rotatable bonds is 6. The van der Waals surface area contributed by atoms with E-state index in [1.807, 2.05) is 27.7 Å². The van der Waals surface area contributed by atoms with Crippen LogP contribution in [0, 0.1) is 5.82 Å². The normalized spacial score (nSPS) is 23.4. The van der Waals surface area contributed by atoms with Crippen LogP contribution in [0.2, 0.25) is 0 Å². The van der Waals surface area contributed by atoms with Gasteiger partial charge in [0.05, 0.1) is 22.9 Å². The summed E-state index contributed by atoms with van der Waals surface area (Å²) in [6.45, 7) is 8.76. The fourth-order valence-electron chi connectivity index (χ4n) is 4.27. The maximum atomic E-state index is 15.4. The summed E-state index contributed by atoms with van der Waals surface area (Å²) in [7, 11) is -0.678. The maximum Gasteiger partial charge on any atom is 0.495 e. The minimum absolute atomic E-state index is 0.0899. The van der Waals surface area contributed by atoms with Crippen molar-refractivity contribution in [1.82, 2.24) is 9.78 Å². The topological polar surface area (TPSA) is 65.7 Å². The Morgan fingerprint density at radius 2 is 1.93 bits per heavy atom. The predicted molar refractivity (Wildman–Crippen MR) is 114 cm³/mol. The van der Waals surface area contributed by atoms with E-state index in [0.717, 1.165) is 24.6 Å². The van der Waals surface area contributed by atoms with Crippen LogP contribution in [0.15, 0.2) is 12.3 Å². The molecule has 2 fully saturated rings. The van der Waals surface area contributed by atoms with Gasteiger partial charge in [-0.1, -0.05) is 0 Å². The molecular formula is C22H32BFN2O4. The average Bonchev–Trinajstić information content (AvgIpc) is 3.20. The molecule has 0 aliphatic carbocycles. The van der Waals surface area contributed by atoms with Crippen molar-refractivity contribution in [3.05, 3.63) is 23.6 Å². The summed E-state index contributed by atoms with van der Waals surface area (Å²) in [6, 6.07) is 1.56. The van der Waals surface area contributed by atoms with Crippen LogP contribution >= 0.6 is 0 Å². The number of aliphatic hydroxyl groups excluding tert-OH is 1. The highest BCUT2D eigenvalue weighted by molar-refractivity contribution is 6.65. The van der Waals surface area contributed by atoms with Crippen LogP contribution in [0.5, 0.6) is 0 Å². The van der Waals surface area contributed by atoms with Crippen molar-refractivity contribution >= 4 is 23.5 Å². The molecule has 2 saturated heterocycles. The molecule has 30 heavy (non-hydrogen) atoms. The number of ether oxygens (including phenoxy) is 1. The van der Waals surface area contributed by atoms with Gasteiger partial charge in [-0.05, 0) is 77.2 Å². The quantitative estimate of drug-likeness (QED) is 0.575. The minimum Gasteiger partial charge on any atom is -0.399 e. The summed E-state index contributed by atoms with van der Waals surface area (Å²) in [4.78, 5) is 0. The van der Waals surface area contributed by atoms with Gasteiger partial charge in [-0.15, -0.1) is 0 Å². The minimum atomic E-state index is -0.678. The molecule has 0 saturated carbocycles. The summed E-state index contributed by atoms with van der Waals surface area (Å²) in [6.07, 6.45) is 6.39. The van der Waals surface area contributed by atoms with Crippen LogP contribution in [0.1, 0.15) is 71.6 Å². The first kappa shape index (κ1) is 21.7. The van der Waals surface area contributed by atoms with Crippen molar-refractivity contribution in [2.24, 2.45) is 0 Å². The van der Waals surface area contributed by atoms with E-state index < -0.39 is 18.3 Å². The van der Waals surface area contributed by atoms with E-state index in [1.54, 1.807) is 16.9 Å². The van der Waals surface area contributed by atoms with Gasteiger partial charge in [0, 0.05) is 24.7 Å². The van der Waals surface area contributed by atoms with Crippen LogP contribution in [0.4, 0.5) is 4.39 Å². The fraction of sp³-hybridized carbons (Fsp3) is 0.682. The number of hydrogen-bond acceptors (Lipinski definition) is 5. The number of fused-ring (bicyclic) bond motifs is 1. The Labute approximate surface area is 177 Å². The molecule has 0 radical (unpaired) electrons. The SMILES string of the molecule is CC1(C)OB(c2c(CCCCO)c(F)cc3c2cnn3C2CCCCO2)OC1(C)C. The Kier molecular flexibility index (Phi) is 5.96. The number of aromatic nitrogens is 2. The number of aliphatic hydroxyl groups is 1. The van der Waals surface area contributed by atoms with Crippen LogP contribution in [-0.4, -0.2) is 46.4 Å². The lowest BCUT2D eigenvalue weighted by molar-refractivity contribution is -0.0366. The van der Waals surface area contributed by atoms with E-state index >= 15 is 4.39 Å². The van der Waals surface area contributed by atoms with Gasteiger partial charge < -0.3 is 19.2 Å². The Morgan fingerprint density at radius 1 is 1.20 bits per heavy atom. The van der Waals surface area contributed by atoms with Gasteiger partial charge >= 0.3 is 7.12 Å². The van der Waals surface area contributed by atoms with Gasteiger partial charge in [0.2, 0.25) is 0 Å². The molecule has 0 spiro atoms. The zero-order valence-corrected chi connectivity index (χ0v) is 18.4. The highest BCUT2D eigenvalue weighted by atomic mass is 19.1. The molecule has 6 nitrogen and oxygen atoms in total. The molecule has 0 amide bonds. The van der Waals surface area contributed by atoms with Crippen molar-refractivity contribution in [2.45, 2.75) is 83.6 Å². The standard InChI is InChI=1S/C22H32BFN2O4/c1-21(2)22(3,4)30-23(29-21)20-15(9-5-7-11-27)17(24)13-18-16(20)14-25-26(18)19-10-6-8-12-28-19/h13-14,19,27H,5-12H2,1-4H3. The molecule has 1 aromatic heterocycles. The largest absolute Gasteiger partial charge is 0.495 e. The van der Waals surface area contributed by atoms with Crippen molar-refractivity contribution in [2.75, 3.05) is 13.2 Å². The molecule has 2 aliphatic rings. The third-order valence-corrected chi connectivity index (χ3v) is 6.75. The first-order valence-corrected chi connectivity index (χ1v) is 11.0. The summed E-state index contributed by atoms with van der Waals surface area (Å²) >= 11 is 0. The van der Waals surface area contributed by atoms with Gasteiger partial charge in [-0.25, -0.2) is 9.07 Å². The molecule has 0 bridgehead atoms. The fourth-order valence-corrected chi connectivity index (χ4v) is 4.27. The molecule has 1 aromatic carbocycles. The Hall–Kier alpha value is -1.48. The second kappa shape index (κ2) is 8.22. The summed E-state index contributed by atoms with van der Waals surface area (Å²) in [5.41, 5.74) is 0.944. The number of benzene rings is 1. The van der Waals surface area contributed by atoms with Crippen LogP contribution < -0.4 is 5.46 Å². The Balaban J connectivity index is 1.82. The van der Waals surface area contributed by atoms with Crippen LogP contribution in [-0.2, 0) is 20.5 Å². The van der Waals surface area contributed by atoms with Gasteiger partial charge in [0.1, 0.15) is 5.82 Å². The zero-order chi connectivity index (χ0) is 21.5. The first-order valence-electron chi connectivity index (χ1n) is 11.0. The van der Waals surface area contributed by atoms with Crippen molar-refractivity contribution < 1.29 is 23.5 Å². The van der Waals surface area contributed by atoms with Gasteiger partial charge in [-0.3, -0.25) is 0 Å². The number of halogens is 1. The van der Waals surface area contributed by atoms with Crippen LogP contribution in [0.25, 0.3) is 10.9 Å². The smallest absolute Gasteiger partial charge is 0.399 e. The monoisotopic (exact) mass is 418 g/mol. The second-order valence-corrected chi connectivity index (χ2v) is 9.36. The number of hydrogen-bond donors (Lipinski definition) is 1. The first-order chi connectivity index (χ1) is 14.2. The lowest BCUT2D eigenvalue weighted by Gasteiger charge is -2.32. The molecule has 2 aliphatic heterocycles. The van der Waals surface area contributed by atoms with E-state index in [4.69, 9.17) is 14.0 Å². The molecule has 1 unspecified atom stereocenters. The summed E-state index contributed by atoms with van der Waals surface area (Å²) in [5.74, 6) is -0.289. The third-order valence-electron chi connectivity index (χ3n) is 6.75. The summed E-state index contributed by atoms with van der Waals surface area (Å²) < 4.78 is 35.7. The molecule has 1 atom stereocenters. The van der Waals surface area contributed by atoms with Crippen molar-refractivity contribution in [1.29, 1.82) is 0 Å². The molecule has 1 N–H and O–H groups in total. The predicted octanol–water partition coefficient (Wildman–Crippen LogP) is 3.49. The van der Waals surface area contributed by atoms with Crippen molar-refractivity contribution in [3.63, 3.8) is 0 Å². The van der Waals surface area contributed by atoms with E-state index in [9.17, 15) is 5.11 Å². The van der Waals surface area contributed by atoms with Gasteiger partial charge in [0.15, 0.2) is 6.23 Å². The van der Waals surface area contributed by atoms with E-state index in [2.05, 4.69) is 5.10 Å². The van der Waals surface area contributed by atoms with Gasteiger partial charge in [-0.2, -0.15) is 5.10 Å². The molecule has 2 aromatic rings. The highest BCUT2D eigenvalue weighted by Crippen LogP contribution is 2.38. The molecule has 4 rings (SSSR count). The Morgan fingerprint density at radius 3 is 2.57 bits per heavy atom. The molecular weight excluding hydrogens is 386 g/mol. The van der Waals surface area contributed by atoms with Crippen LogP contribution in [0.3, 0.4) is 0 Å². The maximum absolute atomic E-state index is 15.4. The Bertz CT molecular complexity index is 892. The van der Waals surface area contributed by atoms with Crippen molar-refractivity contribution in [3.8, 4) is 0 Å².